The number of benzene rings is 2. The van der Waals surface area contributed by atoms with E-state index in [4.69, 9.17) is 9.47 Å². The summed E-state index contributed by atoms with van der Waals surface area (Å²) in [4.78, 5) is 11.3. The van der Waals surface area contributed by atoms with Crippen LogP contribution in [-0.2, 0) is 16.1 Å². The zero-order valence-electron chi connectivity index (χ0n) is 13.6. The Bertz CT molecular complexity index is 711. The van der Waals surface area contributed by atoms with Gasteiger partial charge in [0.2, 0.25) is 5.83 Å². The van der Waals surface area contributed by atoms with Gasteiger partial charge in [-0.25, -0.2) is 4.79 Å². The molecule has 0 atom stereocenters. The molecule has 0 aliphatic rings. The lowest BCUT2D eigenvalue weighted by atomic mass is 10.2. The predicted molar refractivity (Wildman–Crippen MR) is 89.5 cm³/mol. The van der Waals surface area contributed by atoms with E-state index in [0.29, 0.717) is 23.7 Å². The van der Waals surface area contributed by atoms with Gasteiger partial charge in [-0.3, -0.25) is 0 Å². The molecule has 2 aromatic rings. The monoisotopic (exact) mass is 330 g/mol. The SMILES string of the molecule is CCOC(=O)/C(F)=C\c1ccc(OCc2ccccc2)c(OC)c1. The van der Waals surface area contributed by atoms with E-state index in [2.05, 4.69) is 4.74 Å². The maximum Gasteiger partial charge on any atom is 0.367 e. The first kappa shape index (κ1) is 17.5. The molecule has 0 aliphatic carbocycles. The highest BCUT2D eigenvalue weighted by Crippen LogP contribution is 2.29. The molecular formula is C19H19FO4. The molecule has 0 aromatic heterocycles. The first-order valence-electron chi connectivity index (χ1n) is 7.53. The molecule has 2 rings (SSSR count). The molecule has 24 heavy (non-hydrogen) atoms. The van der Waals surface area contributed by atoms with Gasteiger partial charge in [0.15, 0.2) is 11.5 Å². The molecule has 0 saturated heterocycles. The van der Waals surface area contributed by atoms with Crippen LogP contribution in [0.15, 0.2) is 54.4 Å². The second-order valence-corrected chi connectivity index (χ2v) is 4.90. The highest BCUT2D eigenvalue weighted by atomic mass is 19.1. The van der Waals surface area contributed by atoms with Gasteiger partial charge in [-0.15, -0.1) is 0 Å². The van der Waals surface area contributed by atoms with Crippen LogP contribution < -0.4 is 9.47 Å². The molecule has 0 bridgehead atoms. The predicted octanol–water partition coefficient (Wildman–Crippen LogP) is 4.15. The Morgan fingerprint density at radius 3 is 2.54 bits per heavy atom. The molecule has 4 nitrogen and oxygen atoms in total. The van der Waals surface area contributed by atoms with Crippen LogP contribution in [0, 0.1) is 0 Å². The van der Waals surface area contributed by atoms with Crippen LogP contribution in [0.5, 0.6) is 11.5 Å². The number of hydrogen-bond donors (Lipinski definition) is 0. The van der Waals surface area contributed by atoms with Crippen molar-refractivity contribution in [2.75, 3.05) is 13.7 Å². The highest BCUT2D eigenvalue weighted by Gasteiger charge is 2.11. The number of ether oxygens (including phenoxy) is 3. The third kappa shape index (κ3) is 4.84. The van der Waals surface area contributed by atoms with Gasteiger partial charge < -0.3 is 14.2 Å². The van der Waals surface area contributed by atoms with E-state index in [1.54, 1.807) is 25.1 Å². The molecule has 0 unspecified atom stereocenters. The van der Waals surface area contributed by atoms with E-state index < -0.39 is 11.8 Å². The number of rotatable bonds is 7. The van der Waals surface area contributed by atoms with Gasteiger partial charge in [-0.1, -0.05) is 36.4 Å². The van der Waals surface area contributed by atoms with Crippen molar-refractivity contribution in [1.82, 2.24) is 0 Å². The quantitative estimate of drug-likeness (QED) is 0.565. The Balaban J connectivity index is 2.12. The number of methoxy groups -OCH3 is 1. The Morgan fingerprint density at radius 2 is 1.88 bits per heavy atom. The molecule has 5 heteroatoms. The smallest absolute Gasteiger partial charge is 0.367 e. The van der Waals surface area contributed by atoms with E-state index in [1.165, 1.54) is 7.11 Å². The Morgan fingerprint density at radius 1 is 1.12 bits per heavy atom. The van der Waals surface area contributed by atoms with Crippen LogP contribution in [0.2, 0.25) is 0 Å². The average Bonchev–Trinajstić information content (AvgIpc) is 2.61. The zero-order valence-corrected chi connectivity index (χ0v) is 13.6. The van der Waals surface area contributed by atoms with Crippen molar-refractivity contribution in [3.8, 4) is 11.5 Å². The first-order valence-corrected chi connectivity index (χ1v) is 7.53. The van der Waals surface area contributed by atoms with Gasteiger partial charge in [0.25, 0.3) is 0 Å². The summed E-state index contributed by atoms with van der Waals surface area (Å²) in [5.74, 6) is -0.955. The maximum atomic E-state index is 13.7. The lowest BCUT2D eigenvalue weighted by molar-refractivity contribution is -0.140. The molecule has 0 radical (unpaired) electrons. The number of halogens is 1. The summed E-state index contributed by atoms with van der Waals surface area (Å²) < 4.78 is 29.3. The summed E-state index contributed by atoms with van der Waals surface area (Å²) in [6, 6.07) is 14.6. The normalized spacial score (nSPS) is 11.0. The molecule has 126 valence electrons. The van der Waals surface area contributed by atoms with Crippen LogP contribution >= 0.6 is 0 Å². The summed E-state index contributed by atoms with van der Waals surface area (Å²) in [6.45, 7) is 2.13. The van der Waals surface area contributed by atoms with Crippen molar-refractivity contribution in [2.45, 2.75) is 13.5 Å². The number of carbonyl (C=O) groups is 1. The van der Waals surface area contributed by atoms with Crippen molar-refractivity contribution >= 4 is 12.0 Å². The molecular weight excluding hydrogens is 311 g/mol. The lowest BCUT2D eigenvalue weighted by Crippen LogP contribution is -2.04. The number of hydrogen-bond acceptors (Lipinski definition) is 4. The van der Waals surface area contributed by atoms with Crippen LogP contribution in [0.3, 0.4) is 0 Å². The van der Waals surface area contributed by atoms with Crippen molar-refractivity contribution in [2.24, 2.45) is 0 Å². The zero-order chi connectivity index (χ0) is 17.4. The van der Waals surface area contributed by atoms with E-state index in [1.807, 2.05) is 30.3 Å². The van der Waals surface area contributed by atoms with Crippen molar-refractivity contribution < 1.29 is 23.4 Å². The van der Waals surface area contributed by atoms with Gasteiger partial charge in [0.1, 0.15) is 6.61 Å². The summed E-state index contributed by atoms with van der Waals surface area (Å²) >= 11 is 0. The molecule has 0 amide bonds. The van der Waals surface area contributed by atoms with Gasteiger partial charge >= 0.3 is 5.97 Å². The van der Waals surface area contributed by atoms with E-state index in [-0.39, 0.29) is 6.61 Å². The standard InChI is InChI=1S/C19H19FO4/c1-3-23-19(21)16(20)11-15-9-10-17(18(12-15)22-2)24-13-14-7-5-4-6-8-14/h4-12H,3,13H2,1-2H3/b16-11+. The van der Waals surface area contributed by atoms with Crippen LogP contribution in [0.1, 0.15) is 18.1 Å². The summed E-state index contributed by atoms with van der Waals surface area (Å²) in [6.07, 6.45) is 1.10. The van der Waals surface area contributed by atoms with E-state index in [0.717, 1.165) is 11.6 Å². The lowest BCUT2D eigenvalue weighted by Gasteiger charge is -2.11. The van der Waals surface area contributed by atoms with Gasteiger partial charge in [0.05, 0.1) is 13.7 Å². The fourth-order valence-electron chi connectivity index (χ4n) is 2.03. The van der Waals surface area contributed by atoms with Gasteiger partial charge in [-0.2, -0.15) is 4.39 Å². The van der Waals surface area contributed by atoms with Crippen molar-refractivity contribution in [3.05, 3.63) is 65.5 Å². The molecule has 0 saturated carbocycles. The highest BCUT2D eigenvalue weighted by molar-refractivity contribution is 5.91. The van der Waals surface area contributed by atoms with Crippen molar-refractivity contribution in [3.63, 3.8) is 0 Å². The van der Waals surface area contributed by atoms with Crippen LogP contribution in [0.4, 0.5) is 4.39 Å². The van der Waals surface area contributed by atoms with Gasteiger partial charge in [-0.05, 0) is 36.3 Å². The minimum Gasteiger partial charge on any atom is -0.493 e. The Hall–Kier alpha value is -2.82. The van der Waals surface area contributed by atoms with E-state index in [9.17, 15) is 9.18 Å². The summed E-state index contributed by atoms with van der Waals surface area (Å²) in [5, 5.41) is 0. The fraction of sp³-hybridized carbons (Fsp3) is 0.211. The average molecular weight is 330 g/mol. The first-order chi connectivity index (χ1) is 11.6. The second-order valence-electron chi connectivity index (χ2n) is 4.90. The Kier molecular flexibility index (Phi) is 6.37. The third-order valence-corrected chi connectivity index (χ3v) is 3.19. The topological polar surface area (TPSA) is 44.8 Å². The molecule has 0 heterocycles. The molecule has 2 aromatic carbocycles. The van der Waals surface area contributed by atoms with Crippen LogP contribution in [-0.4, -0.2) is 19.7 Å². The summed E-state index contributed by atoms with van der Waals surface area (Å²) in [7, 11) is 1.50. The molecule has 0 N–H and O–H groups in total. The summed E-state index contributed by atoms with van der Waals surface area (Å²) in [5.41, 5.74) is 1.50. The minimum absolute atomic E-state index is 0.121. The minimum atomic E-state index is -0.985. The maximum absolute atomic E-state index is 13.7. The molecule has 0 aliphatic heterocycles. The van der Waals surface area contributed by atoms with Crippen molar-refractivity contribution in [1.29, 1.82) is 0 Å². The third-order valence-electron chi connectivity index (χ3n) is 3.19. The van der Waals surface area contributed by atoms with E-state index >= 15 is 0 Å². The number of carbonyl (C=O) groups excluding carboxylic acids is 1. The number of esters is 1. The largest absolute Gasteiger partial charge is 0.493 e. The van der Waals surface area contributed by atoms with Gasteiger partial charge in [0, 0.05) is 0 Å². The van der Waals surface area contributed by atoms with Crippen LogP contribution in [0.25, 0.3) is 6.08 Å². The fourth-order valence-corrected chi connectivity index (χ4v) is 2.03. The second kappa shape index (κ2) is 8.72. The molecule has 0 spiro atoms. The molecule has 0 fully saturated rings. The Labute approximate surface area is 140 Å².